The van der Waals surface area contributed by atoms with E-state index in [-0.39, 0.29) is 18.0 Å². The lowest BCUT2D eigenvalue weighted by molar-refractivity contribution is -0.149. The number of nitrogens with one attached hydrogen (secondary N) is 1. The van der Waals surface area contributed by atoms with Gasteiger partial charge in [0.25, 0.3) is 5.91 Å². The van der Waals surface area contributed by atoms with E-state index in [0.717, 1.165) is 27.9 Å². The largest absolute Gasteiger partial charge is 0.481 e. The first kappa shape index (κ1) is 26.9. The molecule has 0 radical (unpaired) electrons. The van der Waals surface area contributed by atoms with Crippen LogP contribution in [0.2, 0.25) is 0 Å². The van der Waals surface area contributed by atoms with E-state index in [0.29, 0.717) is 37.6 Å². The molecule has 200 valence electrons. The van der Waals surface area contributed by atoms with Crippen molar-refractivity contribution in [3.8, 4) is 17.0 Å². The molecular weight excluding hydrogens is 483 g/mol. The quantitative estimate of drug-likeness (QED) is 0.493. The minimum absolute atomic E-state index is 0.0265. The van der Waals surface area contributed by atoms with Crippen LogP contribution in [0.3, 0.4) is 0 Å². The molecule has 1 N–H and O–H groups in total. The van der Waals surface area contributed by atoms with E-state index in [2.05, 4.69) is 26.5 Å². The van der Waals surface area contributed by atoms with Gasteiger partial charge in [0.2, 0.25) is 5.88 Å². The fourth-order valence-corrected chi connectivity index (χ4v) is 5.12. The van der Waals surface area contributed by atoms with Gasteiger partial charge in [0, 0.05) is 73.5 Å². The number of piperazine rings is 1. The first-order valence-electron chi connectivity index (χ1n) is 12.5. The number of ether oxygens (including phenoxy) is 1. The van der Waals surface area contributed by atoms with E-state index in [1.54, 1.807) is 13.3 Å². The fourth-order valence-electron chi connectivity index (χ4n) is 5.12. The Hall–Kier alpha value is -3.11. The first-order valence-corrected chi connectivity index (χ1v) is 12.5. The number of aromatic nitrogens is 2. The molecular formula is C27H34F3N5O2. The number of halogens is 3. The van der Waals surface area contributed by atoms with Crippen molar-refractivity contribution < 1.29 is 22.7 Å². The number of fused-ring (bicyclic) bond motifs is 1. The van der Waals surface area contributed by atoms with Gasteiger partial charge in [-0.25, -0.2) is 4.98 Å². The molecule has 0 aromatic carbocycles. The van der Waals surface area contributed by atoms with Crippen LogP contribution < -0.4 is 10.1 Å². The number of hydrogen-bond donors (Lipinski definition) is 1. The zero-order valence-corrected chi connectivity index (χ0v) is 21.9. The second-order valence-corrected chi connectivity index (χ2v) is 9.87. The minimum atomic E-state index is -4.20. The van der Waals surface area contributed by atoms with Crippen LogP contribution in [0.4, 0.5) is 13.2 Å². The number of alkyl halides is 3. The molecule has 1 amide bonds. The van der Waals surface area contributed by atoms with Crippen molar-refractivity contribution in [2.45, 2.75) is 46.0 Å². The molecule has 4 heterocycles. The maximum atomic E-state index is 13.2. The fraction of sp³-hybridized carbons (Fsp3) is 0.481. The van der Waals surface area contributed by atoms with Crippen molar-refractivity contribution >= 4 is 11.4 Å². The molecule has 37 heavy (non-hydrogen) atoms. The van der Waals surface area contributed by atoms with Crippen LogP contribution in [-0.2, 0) is 0 Å². The summed E-state index contributed by atoms with van der Waals surface area (Å²) in [6.45, 7) is 8.65. The van der Waals surface area contributed by atoms with Gasteiger partial charge in [-0.3, -0.25) is 14.6 Å². The average Bonchev–Trinajstić information content (AvgIpc) is 3.25. The lowest BCUT2D eigenvalue weighted by Gasteiger charge is -2.39. The average molecular weight is 518 g/mol. The molecule has 7 nitrogen and oxygen atoms in total. The topological polar surface area (TPSA) is 62.1 Å². The molecule has 1 aliphatic heterocycles. The summed E-state index contributed by atoms with van der Waals surface area (Å²) in [5.74, 6) is 0.338. The molecule has 3 aromatic rings. The molecule has 0 saturated carbocycles. The number of hydrogen-bond acceptors (Lipinski definition) is 5. The highest BCUT2D eigenvalue weighted by Gasteiger charge is 2.34. The van der Waals surface area contributed by atoms with Crippen LogP contribution in [0.25, 0.3) is 16.6 Å². The van der Waals surface area contributed by atoms with Gasteiger partial charge in [-0.2, -0.15) is 13.2 Å². The number of pyridine rings is 2. The minimum Gasteiger partial charge on any atom is -0.481 e. The summed E-state index contributed by atoms with van der Waals surface area (Å²) in [5, 5.41) is 3.00. The summed E-state index contributed by atoms with van der Waals surface area (Å²) in [7, 11) is 1.57. The molecule has 1 atom stereocenters. The molecule has 0 bridgehead atoms. The second-order valence-electron chi connectivity index (χ2n) is 9.87. The van der Waals surface area contributed by atoms with Gasteiger partial charge >= 0.3 is 6.18 Å². The molecule has 1 fully saturated rings. The number of methoxy groups -OCH3 is 1. The predicted molar refractivity (Wildman–Crippen MR) is 137 cm³/mol. The third-order valence-electron chi connectivity index (χ3n) is 6.93. The summed E-state index contributed by atoms with van der Waals surface area (Å²) in [6.07, 6.45) is -0.533. The Balaban J connectivity index is 1.76. The van der Waals surface area contributed by atoms with Crippen molar-refractivity contribution in [2.24, 2.45) is 0 Å². The van der Waals surface area contributed by atoms with Crippen molar-refractivity contribution in [2.75, 3.05) is 39.8 Å². The highest BCUT2D eigenvalue weighted by molar-refractivity contribution is 5.98. The normalized spacial score (nSPS) is 16.4. The molecule has 1 aliphatic rings. The maximum Gasteiger partial charge on any atom is 0.401 e. The Bertz CT molecular complexity index is 1260. The van der Waals surface area contributed by atoms with Crippen molar-refractivity contribution in [3.63, 3.8) is 0 Å². The molecule has 10 heteroatoms. The van der Waals surface area contributed by atoms with Crippen LogP contribution in [0, 0.1) is 6.92 Å². The second kappa shape index (κ2) is 10.7. The van der Waals surface area contributed by atoms with Gasteiger partial charge in [0.05, 0.1) is 19.2 Å². The Morgan fingerprint density at radius 1 is 1.14 bits per heavy atom. The molecule has 0 spiro atoms. The van der Waals surface area contributed by atoms with E-state index in [1.807, 2.05) is 51.2 Å². The monoisotopic (exact) mass is 517 g/mol. The van der Waals surface area contributed by atoms with Gasteiger partial charge in [-0.1, -0.05) is 0 Å². The van der Waals surface area contributed by atoms with Crippen LogP contribution in [-0.4, -0.2) is 77.1 Å². The summed E-state index contributed by atoms with van der Waals surface area (Å²) < 4.78 is 46.0. The first-order chi connectivity index (χ1) is 17.5. The number of carbonyl (C=O) groups is 1. The molecule has 4 rings (SSSR count). The standard InChI is InChI=1S/C27H34F3N5O2/c1-17(2)32-26(36)22-15-23-21(20-6-8-31-24(14-20)37-5)7-9-35(23)25(18(22)3)19(4)34-12-10-33(11-13-34)16-27(28,29)30/h6-9,14-15,17,19H,10-13,16H2,1-5H3,(H,32,36). The predicted octanol–water partition coefficient (Wildman–Crippen LogP) is 4.70. The summed E-state index contributed by atoms with van der Waals surface area (Å²) >= 11 is 0. The highest BCUT2D eigenvalue weighted by Crippen LogP contribution is 2.34. The third-order valence-corrected chi connectivity index (χ3v) is 6.93. The molecule has 0 aliphatic carbocycles. The van der Waals surface area contributed by atoms with Gasteiger partial charge in [0.1, 0.15) is 0 Å². The third kappa shape index (κ3) is 5.91. The summed E-state index contributed by atoms with van der Waals surface area (Å²) in [4.78, 5) is 21.1. The Morgan fingerprint density at radius 2 is 1.84 bits per heavy atom. The van der Waals surface area contributed by atoms with Crippen LogP contribution in [0.5, 0.6) is 5.88 Å². The van der Waals surface area contributed by atoms with Crippen LogP contribution in [0.1, 0.15) is 48.4 Å². The zero-order chi connectivity index (χ0) is 26.9. The van der Waals surface area contributed by atoms with E-state index in [1.165, 1.54) is 4.90 Å². The molecule has 1 unspecified atom stereocenters. The SMILES string of the molecule is COc1cc(-c2ccn3c(C(C)N4CCN(CC(F)(F)F)CC4)c(C)c(C(=O)NC(C)C)cc23)ccn1. The van der Waals surface area contributed by atoms with Crippen LogP contribution in [0.15, 0.2) is 36.7 Å². The van der Waals surface area contributed by atoms with E-state index >= 15 is 0 Å². The van der Waals surface area contributed by atoms with E-state index in [4.69, 9.17) is 4.74 Å². The van der Waals surface area contributed by atoms with E-state index < -0.39 is 12.7 Å². The number of nitrogens with zero attached hydrogens (tertiary/aromatic N) is 4. The van der Waals surface area contributed by atoms with Gasteiger partial charge in [-0.05, 0) is 57.0 Å². The van der Waals surface area contributed by atoms with Crippen molar-refractivity contribution in [1.82, 2.24) is 24.5 Å². The van der Waals surface area contributed by atoms with Crippen molar-refractivity contribution in [1.29, 1.82) is 0 Å². The smallest absolute Gasteiger partial charge is 0.401 e. The van der Waals surface area contributed by atoms with E-state index in [9.17, 15) is 18.0 Å². The lowest BCUT2D eigenvalue weighted by atomic mass is 9.98. The lowest BCUT2D eigenvalue weighted by Crippen LogP contribution is -2.50. The van der Waals surface area contributed by atoms with Crippen molar-refractivity contribution in [3.05, 3.63) is 53.5 Å². The summed E-state index contributed by atoms with van der Waals surface area (Å²) in [6, 6.07) is 7.52. The number of carbonyl (C=O) groups excluding carboxylic acids is 1. The van der Waals surface area contributed by atoms with Gasteiger partial charge in [0.15, 0.2) is 0 Å². The maximum absolute atomic E-state index is 13.2. The Kier molecular flexibility index (Phi) is 7.80. The zero-order valence-electron chi connectivity index (χ0n) is 21.9. The van der Waals surface area contributed by atoms with Crippen LogP contribution >= 0.6 is 0 Å². The Labute approximate surface area is 215 Å². The van der Waals surface area contributed by atoms with Gasteiger partial charge < -0.3 is 14.5 Å². The van der Waals surface area contributed by atoms with Gasteiger partial charge in [-0.15, -0.1) is 0 Å². The summed E-state index contributed by atoms with van der Waals surface area (Å²) in [5.41, 5.74) is 5.09. The highest BCUT2D eigenvalue weighted by atomic mass is 19.4. The number of amides is 1. The Morgan fingerprint density at radius 3 is 2.46 bits per heavy atom. The number of rotatable bonds is 7. The molecule has 1 saturated heterocycles. The molecule has 3 aromatic heterocycles.